The number of aliphatic hydroxyl groups is 1. The molecule has 0 spiro atoms. The highest BCUT2D eigenvalue weighted by Crippen LogP contribution is 2.31. The first-order valence-electron chi connectivity index (χ1n) is 5.13. The van der Waals surface area contributed by atoms with Gasteiger partial charge in [0.15, 0.2) is 0 Å². The van der Waals surface area contributed by atoms with Gasteiger partial charge >= 0.3 is 0 Å². The molecule has 0 aliphatic rings. The Morgan fingerprint density at radius 2 is 1.88 bits per heavy atom. The van der Waals surface area contributed by atoms with Gasteiger partial charge in [-0.3, -0.25) is 0 Å². The molecule has 0 saturated carbocycles. The van der Waals surface area contributed by atoms with Gasteiger partial charge in [0.25, 0.3) is 0 Å². The van der Waals surface area contributed by atoms with Crippen LogP contribution in [-0.4, -0.2) is 10.1 Å². The van der Waals surface area contributed by atoms with Gasteiger partial charge in [0.2, 0.25) is 0 Å². The third-order valence-corrected chi connectivity index (χ3v) is 3.26. The SMILES string of the molecule is C[C@@H](O)c1ccccc1Sc1ccccn1. The highest BCUT2D eigenvalue weighted by Gasteiger charge is 2.08. The van der Waals surface area contributed by atoms with Crippen molar-refractivity contribution in [2.75, 3.05) is 0 Å². The number of benzene rings is 1. The summed E-state index contributed by atoms with van der Waals surface area (Å²) in [7, 11) is 0. The Bertz CT molecular complexity index is 456. The molecule has 0 aliphatic heterocycles. The molecule has 0 bridgehead atoms. The molecule has 2 nitrogen and oxygen atoms in total. The minimum absolute atomic E-state index is 0.451. The second-order valence-corrected chi connectivity index (χ2v) is 4.55. The summed E-state index contributed by atoms with van der Waals surface area (Å²) >= 11 is 1.57. The first-order chi connectivity index (χ1) is 7.77. The third-order valence-electron chi connectivity index (χ3n) is 2.22. The summed E-state index contributed by atoms with van der Waals surface area (Å²) in [4.78, 5) is 5.31. The van der Waals surface area contributed by atoms with E-state index in [9.17, 15) is 5.11 Å². The number of rotatable bonds is 3. The van der Waals surface area contributed by atoms with Crippen molar-refractivity contribution in [2.45, 2.75) is 22.9 Å². The maximum Gasteiger partial charge on any atom is 0.101 e. The average molecular weight is 231 g/mol. The summed E-state index contributed by atoms with van der Waals surface area (Å²) in [5, 5.41) is 10.6. The fourth-order valence-corrected chi connectivity index (χ4v) is 2.43. The lowest BCUT2D eigenvalue weighted by Gasteiger charge is -2.10. The van der Waals surface area contributed by atoms with Crippen molar-refractivity contribution >= 4 is 11.8 Å². The van der Waals surface area contributed by atoms with Gasteiger partial charge < -0.3 is 5.11 Å². The summed E-state index contributed by atoms with van der Waals surface area (Å²) in [6, 6.07) is 13.7. The number of nitrogens with zero attached hydrogens (tertiary/aromatic N) is 1. The standard InChI is InChI=1S/C13H13NOS/c1-10(15)11-6-2-3-7-12(11)16-13-8-4-5-9-14-13/h2-10,15H,1H3/t10-/m1/s1. The Morgan fingerprint density at radius 1 is 1.12 bits per heavy atom. The van der Waals surface area contributed by atoms with Crippen molar-refractivity contribution in [3.05, 3.63) is 54.2 Å². The van der Waals surface area contributed by atoms with Crippen molar-refractivity contribution in [3.8, 4) is 0 Å². The van der Waals surface area contributed by atoms with E-state index in [1.807, 2.05) is 42.5 Å². The Labute approximate surface area is 99.4 Å². The molecule has 0 aliphatic carbocycles. The Kier molecular flexibility index (Phi) is 3.59. The van der Waals surface area contributed by atoms with E-state index < -0.39 is 6.10 Å². The summed E-state index contributed by atoms with van der Waals surface area (Å²) in [5.41, 5.74) is 0.943. The van der Waals surface area contributed by atoms with E-state index in [-0.39, 0.29) is 0 Å². The van der Waals surface area contributed by atoms with Crippen molar-refractivity contribution in [2.24, 2.45) is 0 Å². The summed E-state index contributed by atoms with van der Waals surface area (Å²) < 4.78 is 0. The van der Waals surface area contributed by atoms with Crippen LogP contribution in [0.3, 0.4) is 0 Å². The molecule has 1 N–H and O–H groups in total. The Morgan fingerprint density at radius 3 is 2.56 bits per heavy atom. The lowest BCUT2D eigenvalue weighted by molar-refractivity contribution is 0.196. The van der Waals surface area contributed by atoms with Crippen LogP contribution in [0.5, 0.6) is 0 Å². The zero-order chi connectivity index (χ0) is 11.4. The van der Waals surface area contributed by atoms with Gasteiger partial charge in [-0.15, -0.1) is 0 Å². The fraction of sp³-hybridized carbons (Fsp3) is 0.154. The number of hydrogen-bond donors (Lipinski definition) is 1. The minimum Gasteiger partial charge on any atom is -0.389 e. The molecule has 3 heteroatoms. The van der Waals surface area contributed by atoms with Crippen LogP contribution < -0.4 is 0 Å². The van der Waals surface area contributed by atoms with Crippen molar-refractivity contribution < 1.29 is 5.11 Å². The zero-order valence-electron chi connectivity index (χ0n) is 9.00. The highest BCUT2D eigenvalue weighted by atomic mass is 32.2. The van der Waals surface area contributed by atoms with Crippen LogP contribution in [0.2, 0.25) is 0 Å². The molecule has 0 saturated heterocycles. The lowest BCUT2D eigenvalue weighted by atomic mass is 10.1. The third kappa shape index (κ3) is 2.62. The molecular formula is C13H13NOS. The quantitative estimate of drug-likeness (QED) is 0.880. The van der Waals surface area contributed by atoms with Crippen LogP contribution in [0.4, 0.5) is 0 Å². The Balaban J connectivity index is 2.28. The fourth-order valence-electron chi connectivity index (χ4n) is 1.44. The first kappa shape index (κ1) is 11.2. The minimum atomic E-state index is -0.451. The van der Waals surface area contributed by atoms with Gasteiger partial charge in [0.1, 0.15) is 5.03 Å². The second kappa shape index (κ2) is 5.14. The molecule has 1 aromatic carbocycles. The van der Waals surface area contributed by atoms with Gasteiger partial charge in [-0.2, -0.15) is 0 Å². The second-order valence-electron chi connectivity index (χ2n) is 3.48. The smallest absolute Gasteiger partial charge is 0.101 e. The van der Waals surface area contributed by atoms with Gasteiger partial charge in [-0.25, -0.2) is 4.98 Å². The molecule has 2 aromatic rings. The highest BCUT2D eigenvalue weighted by molar-refractivity contribution is 7.99. The number of aliphatic hydroxyl groups excluding tert-OH is 1. The molecule has 0 unspecified atom stereocenters. The van der Waals surface area contributed by atoms with E-state index in [0.717, 1.165) is 15.5 Å². The van der Waals surface area contributed by atoms with Crippen LogP contribution in [0.1, 0.15) is 18.6 Å². The van der Waals surface area contributed by atoms with Crippen molar-refractivity contribution in [3.63, 3.8) is 0 Å². The normalized spacial score (nSPS) is 12.4. The van der Waals surface area contributed by atoms with Gasteiger partial charge in [0, 0.05) is 11.1 Å². The molecule has 1 heterocycles. The molecule has 2 rings (SSSR count). The molecular weight excluding hydrogens is 218 g/mol. The number of hydrogen-bond acceptors (Lipinski definition) is 3. The molecule has 1 atom stereocenters. The molecule has 0 fully saturated rings. The zero-order valence-corrected chi connectivity index (χ0v) is 9.82. The van der Waals surface area contributed by atoms with E-state index in [1.165, 1.54) is 0 Å². The largest absolute Gasteiger partial charge is 0.389 e. The molecule has 0 radical (unpaired) electrons. The van der Waals surface area contributed by atoms with E-state index in [1.54, 1.807) is 24.9 Å². The first-order valence-corrected chi connectivity index (χ1v) is 5.95. The maximum absolute atomic E-state index is 9.65. The van der Waals surface area contributed by atoms with Crippen LogP contribution in [0.15, 0.2) is 58.6 Å². The molecule has 1 aromatic heterocycles. The van der Waals surface area contributed by atoms with Crippen molar-refractivity contribution in [1.29, 1.82) is 0 Å². The summed E-state index contributed by atoms with van der Waals surface area (Å²) in [6.45, 7) is 1.78. The lowest BCUT2D eigenvalue weighted by Crippen LogP contribution is -1.93. The maximum atomic E-state index is 9.65. The van der Waals surface area contributed by atoms with E-state index in [0.29, 0.717) is 0 Å². The van der Waals surface area contributed by atoms with E-state index in [2.05, 4.69) is 4.98 Å². The van der Waals surface area contributed by atoms with E-state index >= 15 is 0 Å². The van der Waals surface area contributed by atoms with Gasteiger partial charge in [-0.1, -0.05) is 36.0 Å². The van der Waals surface area contributed by atoms with Crippen LogP contribution in [0, 0.1) is 0 Å². The average Bonchev–Trinajstić information content (AvgIpc) is 2.31. The number of aromatic nitrogens is 1. The monoisotopic (exact) mass is 231 g/mol. The predicted octanol–water partition coefficient (Wildman–Crippen LogP) is 3.29. The summed E-state index contributed by atoms with van der Waals surface area (Å²) in [5.74, 6) is 0. The van der Waals surface area contributed by atoms with Crippen molar-refractivity contribution in [1.82, 2.24) is 4.98 Å². The Hall–Kier alpha value is -1.32. The molecule has 82 valence electrons. The summed E-state index contributed by atoms with van der Waals surface area (Å²) in [6.07, 6.45) is 1.32. The predicted molar refractivity (Wildman–Crippen MR) is 65.4 cm³/mol. The van der Waals surface area contributed by atoms with Gasteiger partial charge in [0.05, 0.1) is 6.10 Å². The van der Waals surface area contributed by atoms with Gasteiger partial charge in [-0.05, 0) is 30.7 Å². The van der Waals surface area contributed by atoms with Crippen LogP contribution in [0.25, 0.3) is 0 Å². The van der Waals surface area contributed by atoms with E-state index in [4.69, 9.17) is 0 Å². The topological polar surface area (TPSA) is 33.1 Å². The number of pyridine rings is 1. The van der Waals surface area contributed by atoms with Crippen LogP contribution in [-0.2, 0) is 0 Å². The molecule has 16 heavy (non-hydrogen) atoms. The van der Waals surface area contributed by atoms with Crippen LogP contribution >= 0.6 is 11.8 Å². The molecule has 0 amide bonds.